The highest BCUT2D eigenvalue weighted by Gasteiger charge is 2.22. The summed E-state index contributed by atoms with van der Waals surface area (Å²) in [7, 11) is 0. The number of nitrogens with zero attached hydrogens (tertiary/aromatic N) is 6. The number of thioether (sulfide) groups is 1. The van der Waals surface area contributed by atoms with Gasteiger partial charge in [-0.3, -0.25) is 13.8 Å². The second-order valence-corrected chi connectivity index (χ2v) is 8.44. The van der Waals surface area contributed by atoms with Gasteiger partial charge in [0, 0.05) is 36.5 Å². The van der Waals surface area contributed by atoms with Crippen molar-refractivity contribution in [1.82, 2.24) is 24.1 Å². The van der Waals surface area contributed by atoms with E-state index in [2.05, 4.69) is 20.1 Å². The maximum Gasteiger partial charge on any atom is 0.258 e. The summed E-state index contributed by atoms with van der Waals surface area (Å²) in [6.07, 6.45) is 1.71. The van der Waals surface area contributed by atoms with Crippen LogP contribution in [0.25, 0.3) is 10.6 Å². The average molecular weight is 445 g/mol. The maximum absolute atomic E-state index is 13.9. The quantitative estimate of drug-likeness (QED) is 0.438. The molecule has 3 aromatic heterocycles. The highest BCUT2D eigenvalue weighted by molar-refractivity contribution is 7.98. The molecule has 0 aliphatic carbocycles. The average Bonchev–Trinajstić information content (AvgIpc) is 3.40. The zero-order valence-corrected chi connectivity index (χ0v) is 17.4. The van der Waals surface area contributed by atoms with E-state index in [9.17, 15) is 9.18 Å². The molecule has 0 saturated carbocycles. The molecule has 8 nitrogen and oxygen atoms in total. The Hall–Kier alpha value is -2.76. The maximum atomic E-state index is 13.9. The monoisotopic (exact) mass is 444 g/mol. The van der Waals surface area contributed by atoms with Crippen molar-refractivity contribution in [3.05, 3.63) is 63.8 Å². The molecule has 30 heavy (non-hydrogen) atoms. The van der Waals surface area contributed by atoms with E-state index in [-0.39, 0.29) is 11.4 Å². The van der Waals surface area contributed by atoms with Gasteiger partial charge in [0.15, 0.2) is 10.1 Å². The fraction of sp³-hybridized carbons (Fsp3) is 0.263. The Bertz CT molecular complexity index is 1250. The third kappa shape index (κ3) is 3.71. The van der Waals surface area contributed by atoms with Crippen LogP contribution < -0.4 is 10.5 Å². The lowest BCUT2D eigenvalue weighted by atomic mass is 10.3. The van der Waals surface area contributed by atoms with E-state index in [4.69, 9.17) is 4.74 Å². The Morgan fingerprint density at radius 3 is 2.90 bits per heavy atom. The zero-order valence-electron chi connectivity index (χ0n) is 15.8. The van der Waals surface area contributed by atoms with Crippen LogP contribution in [0.15, 0.2) is 51.9 Å². The molecule has 5 rings (SSSR count). The summed E-state index contributed by atoms with van der Waals surface area (Å²) in [5.74, 6) is 0.760. The minimum absolute atomic E-state index is 0.113. The number of hydrogen-bond acceptors (Lipinski definition) is 8. The Labute approximate surface area is 179 Å². The van der Waals surface area contributed by atoms with Gasteiger partial charge in [-0.05, 0) is 18.2 Å². The predicted molar refractivity (Wildman–Crippen MR) is 113 cm³/mol. The standard InChI is InChI=1S/C19H17FN6O2S2/c20-13-2-1-3-15(10-13)26-17(24-4-7-28-8-5-24)22-23-19(26)30-12-14-11-16(27)25-6-9-29-18(25)21-14/h1-3,6,9-11H,4-5,7-8,12H2. The summed E-state index contributed by atoms with van der Waals surface area (Å²) in [4.78, 5) is 19.5. The van der Waals surface area contributed by atoms with Crippen LogP contribution in [0, 0.1) is 5.82 Å². The molecule has 1 aliphatic rings. The van der Waals surface area contributed by atoms with Crippen molar-refractivity contribution in [2.45, 2.75) is 10.9 Å². The fourth-order valence-electron chi connectivity index (χ4n) is 3.27. The predicted octanol–water partition coefficient (Wildman–Crippen LogP) is 2.60. The van der Waals surface area contributed by atoms with Gasteiger partial charge in [0.25, 0.3) is 5.56 Å². The number of hydrogen-bond donors (Lipinski definition) is 0. The van der Waals surface area contributed by atoms with Crippen molar-refractivity contribution in [2.24, 2.45) is 0 Å². The van der Waals surface area contributed by atoms with Crippen molar-refractivity contribution in [3.63, 3.8) is 0 Å². The van der Waals surface area contributed by atoms with E-state index in [1.165, 1.54) is 45.7 Å². The van der Waals surface area contributed by atoms with Gasteiger partial charge < -0.3 is 9.64 Å². The molecule has 0 N–H and O–H groups in total. The largest absolute Gasteiger partial charge is 0.378 e. The van der Waals surface area contributed by atoms with Crippen molar-refractivity contribution in [1.29, 1.82) is 0 Å². The van der Waals surface area contributed by atoms with Gasteiger partial charge in [-0.15, -0.1) is 21.5 Å². The first kappa shape index (κ1) is 19.2. The minimum atomic E-state index is -0.331. The third-order valence-corrected chi connectivity index (χ3v) is 6.40. The molecule has 0 unspecified atom stereocenters. The number of halogens is 1. The highest BCUT2D eigenvalue weighted by atomic mass is 32.2. The van der Waals surface area contributed by atoms with Gasteiger partial charge >= 0.3 is 0 Å². The minimum Gasteiger partial charge on any atom is -0.378 e. The molecule has 1 fully saturated rings. The van der Waals surface area contributed by atoms with Gasteiger partial charge in [-0.1, -0.05) is 17.8 Å². The first-order valence-corrected chi connectivity index (χ1v) is 11.2. The summed E-state index contributed by atoms with van der Waals surface area (Å²) >= 11 is 2.82. The highest BCUT2D eigenvalue weighted by Crippen LogP contribution is 2.29. The molecule has 0 amide bonds. The normalized spacial score (nSPS) is 14.5. The molecular formula is C19H17FN6O2S2. The van der Waals surface area contributed by atoms with E-state index in [1.807, 2.05) is 16.0 Å². The van der Waals surface area contributed by atoms with Crippen LogP contribution in [0.3, 0.4) is 0 Å². The topological polar surface area (TPSA) is 77.6 Å². The summed E-state index contributed by atoms with van der Waals surface area (Å²) in [5.41, 5.74) is 1.19. The van der Waals surface area contributed by atoms with Crippen LogP contribution in [0.4, 0.5) is 10.3 Å². The van der Waals surface area contributed by atoms with E-state index >= 15 is 0 Å². The van der Waals surface area contributed by atoms with Crippen molar-refractivity contribution < 1.29 is 9.13 Å². The Morgan fingerprint density at radius 1 is 1.20 bits per heavy atom. The molecule has 11 heteroatoms. The van der Waals surface area contributed by atoms with Gasteiger partial charge in [0.2, 0.25) is 5.95 Å². The molecule has 0 atom stereocenters. The van der Waals surface area contributed by atoms with Crippen molar-refractivity contribution >= 4 is 34.0 Å². The van der Waals surface area contributed by atoms with E-state index in [1.54, 1.807) is 12.3 Å². The Balaban J connectivity index is 1.49. The summed E-state index contributed by atoms with van der Waals surface area (Å²) < 4.78 is 22.7. The number of benzene rings is 1. The van der Waals surface area contributed by atoms with Crippen LogP contribution in [0.5, 0.6) is 0 Å². The second-order valence-electron chi connectivity index (χ2n) is 6.63. The van der Waals surface area contributed by atoms with Gasteiger partial charge in [0.05, 0.1) is 24.6 Å². The zero-order chi connectivity index (χ0) is 20.5. The molecule has 0 bridgehead atoms. The summed E-state index contributed by atoms with van der Waals surface area (Å²) in [5, 5.41) is 11.2. The number of aromatic nitrogens is 5. The van der Waals surface area contributed by atoms with Crippen LogP contribution in [-0.4, -0.2) is 50.5 Å². The number of thiazole rings is 1. The first-order valence-electron chi connectivity index (χ1n) is 9.32. The number of ether oxygens (including phenoxy) is 1. The van der Waals surface area contributed by atoms with Crippen LogP contribution in [0.1, 0.15) is 5.69 Å². The van der Waals surface area contributed by atoms with E-state index < -0.39 is 0 Å². The lowest BCUT2D eigenvalue weighted by Crippen LogP contribution is -2.37. The number of anilines is 1. The lowest BCUT2D eigenvalue weighted by Gasteiger charge is -2.27. The van der Waals surface area contributed by atoms with Crippen LogP contribution in [0.2, 0.25) is 0 Å². The Morgan fingerprint density at radius 2 is 2.07 bits per heavy atom. The number of fused-ring (bicyclic) bond motifs is 1. The molecular weight excluding hydrogens is 427 g/mol. The van der Waals surface area contributed by atoms with Gasteiger partial charge in [-0.25, -0.2) is 9.37 Å². The SMILES string of the molecule is O=c1cc(CSc2nnc(N3CCOCC3)n2-c2cccc(F)c2)nc2sccn12. The van der Waals surface area contributed by atoms with Crippen LogP contribution >= 0.6 is 23.1 Å². The summed E-state index contributed by atoms with van der Waals surface area (Å²) in [6, 6.07) is 7.87. The molecule has 1 aliphatic heterocycles. The summed E-state index contributed by atoms with van der Waals surface area (Å²) in [6.45, 7) is 2.58. The Kier molecular flexibility index (Phi) is 5.23. The van der Waals surface area contributed by atoms with Crippen molar-refractivity contribution in [2.75, 3.05) is 31.2 Å². The molecule has 4 aromatic rings. The third-order valence-electron chi connectivity index (χ3n) is 4.68. The molecule has 1 saturated heterocycles. The molecule has 1 aromatic carbocycles. The van der Waals surface area contributed by atoms with E-state index in [0.717, 1.165) is 0 Å². The van der Waals surface area contributed by atoms with Gasteiger partial charge in [-0.2, -0.15) is 0 Å². The second kappa shape index (κ2) is 8.17. The molecule has 4 heterocycles. The fourth-order valence-corrected chi connectivity index (χ4v) is 4.84. The smallest absolute Gasteiger partial charge is 0.258 e. The molecule has 154 valence electrons. The van der Waals surface area contributed by atoms with Crippen molar-refractivity contribution in [3.8, 4) is 5.69 Å². The van der Waals surface area contributed by atoms with E-state index in [0.29, 0.717) is 59.5 Å². The molecule has 0 radical (unpaired) electrons. The number of rotatable bonds is 5. The first-order chi connectivity index (χ1) is 14.7. The van der Waals surface area contributed by atoms with Gasteiger partial charge in [0.1, 0.15) is 5.82 Å². The molecule has 0 spiro atoms. The van der Waals surface area contributed by atoms with Crippen LogP contribution in [-0.2, 0) is 10.5 Å². The lowest BCUT2D eigenvalue weighted by molar-refractivity contribution is 0.122. The number of morpholine rings is 1.